The second kappa shape index (κ2) is 5.48. The molecule has 1 aromatic heterocycles. The van der Waals surface area contributed by atoms with Gasteiger partial charge in [-0.25, -0.2) is 4.98 Å². The van der Waals surface area contributed by atoms with Crippen LogP contribution in [0.15, 0.2) is 0 Å². The van der Waals surface area contributed by atoms with E-state index in [-0.39, 0.29) is 17.9 Å². The molecule has 0 radical (unpaired) electrons. The molecule has 0 bridgehead atoms. The van der Waals surface area contributed by atoms with Crippen molar-refractivity contribution in [3.05, 3.63) is 15.6 Å². The largest absolute Gasteiger partial charge is 0.354 e. The number of rotatable bonds is 4. The fourth-order valence-corrected chi connectivity index (χ4v) is 2.81. The fraction of sp³-hybridized carbons (Fsp3) is 0.583. The number of carbonyl (C=O) groups is 2. The second-order valence-corrected chi connectivity index (χ2v) is 5.74. The van der Waals surface area contributed by atoms with E-state index in [9.17, 15) is 9.59 Å². The van der Waals surface area contributed by atoms with Crippen LogP contribution in [0.25, 0.3) is 0 Å². The van der Waals surface area contributed by atoms with Gasteiger partial charge in [0.25, 0.3) is 0 Å². The van der Waals surface area contributed by atoms with E-state index in [2.05, 4.69) is 15.6 Å². The van der Waals surface area contributed by atoms with Gasteiger partial charge in [-0.05, 0) is 20.3 Å². The van der Waals surface area contributed by atoms with Crippen molar-refractivity contribution in [3.63, 3.8) is 0 Å². The summed E-state index contributed by atoms with van der Waals surface area (Å²) in [6, 6.07) is -0.350. The predicted molar refractivity (Wildman–Crippen MR) is 69.5 cm³/mol. The Balaban J connectivity index is 1.75. The molecule has 0 spiro atoms. The van der Waals surface area contributed by atoms with Gasteiger partial charge in [0.2, 0.25) is 11.8 Å². The number of nitrogens with one attached hydrogen (secondary N) is 2. The summed E-state index contributed by atoms with van der Waals surface area (Å²) in [5.74, 6) is -0.132. The summed E-state index contributed by atoms with van der Waals surface area (Å²) in [6.07, 6.45) is 1.79. The van der Waals surface area contributed by atoms with Crippen molar-refractivity contribution in [2.24, 2.45) is 0 Å². The number of carbonyl (C=O) groups excluding carboxylic acids is 2. The van der Waals surface area contributed by atoms with Gasteiger partial charge in [0.05, 0.1) is 10.7 Å². The zero-order valence-electron chi connectivity index (χ0n) is 10.6. The predicted octanol–water partition coefficient (Wildman–Crippen LogP) is 0.697. The molecule has 18 heavy (non-hydrogen) atoms. The molecule has 2 amide bonds. The number of hydrogen-bond acceptors (Lipinski definition) is 4. The Labute approximate surface area is 110 Å². The third-order valence-corrected chi connectivity index (χ3v) is 4.16. The Morgan fingerprint density at radius 3 is 2.89 bits per heavy atom. The van der Waals surface area contributed by atoms with Gasteiger partial charge < -0.3 is 10.6 Å². The summed E-state index contributed by atoms with van der Waals surface area (Å²) in [6.45, 7) is 4.60. The van der Waals surface area contributed by atoms with Crippen LogP contribution in [-0.4, -0.2) is 29.4 Å². The van der Waals surface area contributed by atoms with E-state index >= 15 is 0 Å². The molecule has 1 unspecified atom stereocenters. The highest BCUT2D eigenvalue weighted by Crippen LogP contribution is 2.16. The third kappa shape index (κ3) is 3.07. The Morgan fingerprint density at radius 2 is 2.33 bits per heavy atom. The van der Waals surface area contributed by atoms with E-state index in [0.29, 0.717) is 19.4 Å². The van der Waals surface area contributed by atoms with Crippen LogP contribution in [0.2, 0.25) is 0 Å². The number of nitrogens with zero attached hydrogens (tertiary/aromatic N) is 1. The highest BCUT2D eigenvalue weighted by atomic mass is 32.1. The maximum absolute atomic E-state index is 11.7. The van der Waals surface area contributed by atoms with Crippen LogP contribution in [0, 0.1) is 13.8 Å². The molecule has 1 aliphatic heterocycles. The lowest BCUT2D eigenvalue weighted by atomic mass is 10.2. The molecule has 0 aromatic carbocycles. The molecule has 5 nitrogen and oxygen atoms in total. The molecule has 1 saturated heterocycles. The quantitative estimate of drug-likeness (QED) is 0.843. The minimum absolute atomic E-state index is 0.0404. The second-order valence-electron chi connectivity index (χ2n) is 4.45. The van der Waals surface area contributed by atoms with Crippen molar-refractivity contribution in [2.45, 2.75) is 39.2 Å². The maximum Gasteiger partial charge on any atom is 0.242 e. The third-order valence-electron chi connectivity index (χ3n) is 3.02. The van der Waals surface area contributed by atoms with Gasteiger partial charge in [-0.1, -0.05) is 0 Å². The summed E-state index contributed by atoms with van der Waals surface area (Å²) >= 11 is 1.67. The fourth-order valence-electron chi connectivity index (χ4n) is 1.87. The minimum atomic E-state index is -0.350. The maximum atomic E-state index is 11.7. The highest BCUT2D eigenvalue weighted by molar-refractivity contribution is 7.11. The van der Waals surface area contributed by atoms with Crippen LogP contribution in [0.1, 0.15) is 28.4 Å². The highest BCUT2D eigenvalue weighted by Gasteiger charge is 2.26. The molecule has 0 aliphatic carbocycles. The zero-order valence-corrected chi connectivity index (χ0v) is 11.4. The van der Waals surface area contributed by atoms with Crippen molar-refractivity contribution >= 4 is 23.2 Å². The van der Waals surface area contributed by atoms with Crippen LogP contribution in [0.3, 0.4) is 0 Å². The van der Waals surface area contributed by atoms with Gasteiger partial charge in [-0.15, -0.1) is 11.3 Å². The standard InChI is InChI=1S/C12H17N3O2S/c1-7-8(2)18-11(14-7)5-6-13-12(17)9-3-4-10(16)15-9/h9H,3-6H2,1-2H3,(H,13,17)(H,15,16). The van der Waals surface area contributed by atoms with Crippen LogP contribution in [0.4, 0.5) is 0 Å². The lowest BCUT2D eigenvalue weighted by molar-refractivity contribution is -0.125. The van der Waals surface area contributed by atoms with Crippen molar-refractivity contribution in [1.82, 2.24) is 15.6 Å². The van der Waals surface area contributed by atoms with Gasteiger partial charge in [0, 0.05) is 24.3 Å². The van der Waals surface area contributed by atoms with Gasteiger partial charge in [0.1, 0.15) is 6.04 Å². The van der Waals surface area contributed by atoms with Crippen molar-refractivity contribution < 1.29 is 9.59 Å². The van der Waals surface area contributed by atoms with E-state index in [0.717, 1.165) is 17.1 Å². The van der Waals surface area contributed by atoms with Gasteiger partial charge in [0.15, 0.2) is 0 Å². The monoisotopic (exact) mass is 267 g/mol. The zero-order chi connectivity index (χ0) is 13.1. The van der Waals surface area contributed by atoms with Gasteiger partial charge in [-0.3, -0.25) is 9.59 Å². The molecule has 6 heteroatoms. The average molecular weight is 267 g/mol. The summed E-state index contributed by atoms with van der Waals surface area (Å²) in [7, 11) is 0. The molecule has 2 rings (SSSR count). The van der Waals surface area contributed by atoms with Crippen LogP contribution in [0.5, 0.6) is 0 Å². The lowest BCUT2D eigenvalue weighted by Crippen LogP contribution is -2.42. The molecule has 2 N–H and O–H groups in total. The number of aryl methyl sites for hydroxylation is 2. The first-order chi connectivity index (χ1) is 8.56. The van der Waals surface area contributed by atoms with Gasteiger partial charge in [-0.2, -0.15) is 0 Å². The number of hydrogen-bond donors (Lipinski definition) is 2. The van der Waals surface area contributed by atoms with Gasteiger partial charge >= 0.3 is 0 Å². The normalized spacial score (nSPS) is 18.8. The molecule has 2 heterocycles. The van der Waals surface area contributed by atoms with E-state index in [1.807, 2.05) is 13.8 Å². The number of aromatic nitrogens is 1. The molecule has 1 atom stereocenters. The van der Waals surface area contributed by atoms with Crippen LogP contribution >= 0.6 is 11.3 Å². The number of amides is 2. The smallest absolute Gasteiger partial charge is 0.242 e. The Morgan fingerprint density at radius 1 is 1.56 bits per heavy atom. The summed E-state index contributed by atoms with van der Waals surface area (Å²) in [5, 5.41) is 6.53. The molecule has 1 aromatic rings. The first-order valence-corrected chi connectivity index (χ1v) is 6.88. The molecule has 98 valence electrons. The van der Waals surface area contributed by atoms with Crippen molar-refractivity contribution in [1.29, 1.82) is 0 Å². The van der Waals surface area contributed by atoms with E-state index in [1.54, 1.807) is 11.3 Å². The van der Waals surface area contributed by atoms with Crippen LogP contribution < -0.4 is 10.6 Å². The first kappa shape index (κ1) is 13.0. The molecular formula is C12H17N3O2S. The van der Waals surface area contributed by atoms with Crippen molar-refractivity contribution in [2.75, 3.05) is 6.54 Å². The summed E-state index contributed by atoms with van der Waals surface area (Å²) < 4.78 is 0. The topological polar surface area (TPSA) is 71.1 Å². The van der Waals surface area contributed by atoms with Crippen LogP contribution in [-0.2, 0) is 16.0 Å². The number of thiazole rings is 1. The molecule has 1 aliphatic rings. The van der Waals surface area contributed by atoms with Crippen molar-refractivity contribution in [3.8, 4) is 0 Å². The summed E-state index contributed by atoms with van der Waals surface area (Å²) in [4.78, 5) is 28.3. The molecule has 0 saturated carbocycles. The Bertz CT molecular complexity index is 450. The lowest BCUT2D eigenvalue weighted by Gasteiger charge is -2.09. The first-order valence-electron chi connectivity index (χ1n) is 6.06. The molecule has 1 fully saturated rings. The Kier molecular flexibility index (Phi) is 3.96. The Hall–Kier alpha value is -1.43. The SMILES string of the molecule is Cc1nc(CCNC(=O)C2CCC(=O)N2)sc1C. The minimum Gasteiger partial charge on any atom is -0.354 e. The summed E-state index contributed by atoms with van der Waals surface area (Å²) in [5.41, 5.74) is 1.06. The average Bonchev–Trinajstić information content (AvgIpc) is 2.87. The van der Waals surface area contributed by atoms with E-state index in [1.165, 1.54) is 4.88 Å². The van der Waals surface area contributed by atoms with E-state index in [4.69, 9.17) is 0 Å². The molecular weight excluding hydrogens is 250 g/mol. The van der Waals surface area contributed by atoms with E-state index < -0.39 is 0 Å².